The number of phosphoric ester groups is 1. The second-order valence-corrected chi connectivity index (χ2v) is 24.7. The molecule has 2 aromatic heterocycles. The molecule has 2 unspecified atom stereocenters. The number of carbonyl (C=O) groups is 5. The number of nitrogens with one attached hydrogen (secondary N) is 2. The van der Waals surface area contributed by atoms with E-state index in [1.165, 1.54) is 43.5 Å². The van der Waals surface area contributed by atoms with E-state index in [4.69, 9.17) is 4.74 Å². The number of benzene rings is 2. The molecule has 2 saturated heterocycles. The van der Waals surface area contributed by atoms with Crippen LogP contribution in [0.4, 0.5) is 54.6 Å². The van der Waals surface area contributed by atoms with Gasteiger partial charge in [0.25, 0.3) is 0 Å². The number of hydrogen-bond acceptors (Lipinski definition) is 16. The van der Waals surface area contributed by atoms with Gasteiger partial charge >= 0.3 is 44.8 Å². The summed E-state index contributed by atoms with van der Waals surface area (Å²) >= 11 is 0. The number of esters is 2. The van der Waals surface area contributed by atoms with Gasteiger partial charge in [0.2, 0.25) is 18.6 Å². The van der Waals surface area contributed by atoms with Crippen molar-refractivity contribution in [3.63, 3.8) is 0 Å². The Balaban J connectivity index is 1.28. The number of anilines is 1. The highest BCUT2D eigenvalue weighted by molar-refractivity contribution is 7.46. The van der Waals surface area contributed by atoms with Crippen LogP contribution in [0.2, 0.25) is 0 Å². The van der Waals surface area contributed by atoms with Crippen LogP contribution in [0, 0.1) is 52.1 Å². The zero-order valence-corrected chi connectivity index (χ0v) is 50.5. The van der Waals surface area contributed by atoms with Gasteiger partial charge in [-0.25, -0.2) is 42.3 Å². The second-order valence-electron chi connectivity index (χ2n) is 23.5. The Hall–Kier alpha value is -7.23. The van der Waals surface area contributed by atoms with E-state index in [9.17, 15) is 73.4 Å². The van der Waals surface area contributed by atoms with Gasteiger partial charge in [0.05, 0.1) is 48.6 Å². The summed E-state index contributed by atoms with van der Waals surface area (Å²) in [5.41, 5.74) is -4.73. The highest BCUT2D eigenvalue weighted by Gasteiger charge is 2.57. The van der Waals surface area contributed by atoms with Gasteiger partial charge < -0.3 is 34.2 Å². The van der Waals surface area contributed by atoms with E-state index in [2.05, 4.69) is 56.1 Å². The summed E-state index contributed by atoms with van der Waals surface area (Å²) in [4.78, 5) is 101. The average molecular weight is 1300 g/mol. The lowest BCUT2D eigenvalue weighted by atomic mass is 9.75. The molecule has 4 aromatic rings. The topological polar surface area (TPSA) is 257 Å². The third kappa shape index (κ3) is 17.6. The molecule has 492 valence electrons. The van der Waals surface area contributed by atoms with Gasteiger partial charge in [0, 0.05) is 92.4 Å². The number of ketones is 1. The zero-order chi connectivity index (χ0) is 66.3. The van der Waals surface area contributed by atoms with Crippen molar-refractivity contribution in [3.05, 3.63) is 94.9 Å². The highest BCUT2D eigenvalue weighted by atomic mass is 31.2. The number of methoxy groups -OCH3 is 2. The molecule has 2 bridgehead atoms. The summed E-state index contributed by atoms with van der Waals surface area (Å²) in [6.07, 6.45) is -6.06. The number of rotatable bonds is 26. The van der Waals surface area contributed by atoms with Crippen LogP contribution < -0.4 is 15.6 Å². The van der Waals surface area contributed by atoms with Crippen molar-refractivity contribution in [1.29, 1.82) is 0 Å². The van der Waals surface area contributed by atoms with Crippen LogP contribution in [0.1, 0.15) is 108 Å². The van der Waals surface area contributed by atoms with Gasteiger partial charge in [-0.05, 0) is 93.7 Å². The van der Waals surface area contributed by atoms with E-state index in [-0.39, 0.29) is 15.9 Å². The number of alkyl halides is 8. The van der Waals surface area contributed by atoms with Gasteiger partial charge in [-0.3, -0.25) is 29.5 Å². The Bertz CT molecular complexity index is 3280. The Morgan fingerprint density at radius 3 is 1.90 bits per heavy atom. The number of hydrogen-bond donors (Lipinski definition) is 4. The van der Waals surface area contributed by atoms with Crippen molar-refractivity contribution < 1.29 is 101 Å². The number of piperazine rings is 1. The van der Waals surface area contributed by atoms with Gasteiger partial charge in [-0.1, -0.05) is 44.2 Å². The standard InChI is InChI=1S/C58H68F10N9O12P/c1-55(2,57(63,64)65)43(25-48(79)86-5)51(81)73-75(31-42-44(59)21-37(22-45(42)60)46-18-19-76(72-46)52(61)62)28-38(24-49(80)88-32-89-90(83,84)85)36(23-47(78)50(71-54(82)87-6)56(3,4)58(66,67)68)20-34-13-10-33(11-14-34)12-15-35-26-69-53(70-27-35)74-29-40-16-17-41(30-74)77(40)39-8-7-9-39/h10-11,13-14,18-19,21-22,26-27,36,38-41,43,50,52H,7-9,16-17,20,23-25,28-32H2,1-6H3,(H,71,82)(H,73,81)(H2,83,84,85)/t36-,38+,40?,41?,43-,50-/m1/s1. The molecule has 1 saturated carbocycles. The molecule has 21 nitrogen and oxygen atoms in total. The minimum absolute atomic E-state index is 0.171. The number of amides is 2. The molecular formula is C58H68F10N9O12P. The van der Waals surface area contributed by atoms with Crippen LogP contribution >= 0.6 is 7.82 Å². The predicted molar refractivity (Wildman–Crippen MR) is 298 cm³/mol. The van der Waals surface area contributed by atoms with Crippen LogP contribution in [0.5, 0.6) is 0 Å². The molecule has 2 amide bonds. The second kappa shape index (κ2) is 28.9. The lowest BCUT2D eigenvalue weighted by Gasteiger charge is -2.48. The van der Waals surface area contributed by atoms with Crippen LogP contribution in [0.3, 0.4) is 0 Å². The molecule has 4 N–H and O–H groups in total. The number of halogens is 10. The molecule has 4 heterocycles. The van der Waals surface area contributed by atoms with Gasteiger partial charge in [-0.2, -0.15) is 40.2 Å². The number of nitrogens with zero attached hydrogens (tertiary/aromatic N) is 7. The largest absolute Gasteiger partial charge is 0.472 e. The molecule has 7 rings (SSSR count). The molecule has 3 aliphatic rings. The van der Waals surface area contributed by atoms with Gasteiger partial charge in [-0.15, -0.1) is 0 Å². The Labute approximate surface area is 510 Å². The monoisotopic (exact) mass is 1300 g/mol. The molecule has 3 fully saturated rings. The van der Waals surface area contributed by atoms with E-state index in [1.54, 1.807) is 12.4 Å². The van der Waals surface area contributed by atoms with Crippen molar-refractivity contribution >= 4 is 43.5 Å². The third-order valence-electron chi connectivity index (χ3n) is 16.8. The van der Waals surface area contributed by atoms with Crippen molar-refractivity contribution in [2.45, 2.75) is 135 Å². The number of carbonyl (C=O) groups excluding carboxylic acids is 5. The summed E-state index contributed by atoms with van der Waals surface area (Å²) in [5.74, 6) is -7.93. The average Bonchev–Trinajstić information content (AvgIpc) is 1.56. The number of hydrazine groups is 1. The number of alkyl carbamates (subject to hydrolysis) is 1. The van der Waals surface area contributed by atoms with E-state index in [1.807, 2.05) is 5.32 Å². The summed E-state index contributed by atoms with van der Waals surface area (Å²) in [7, 11) is -3.75. The normalized spacial score (nSPS) is 18.0. The van der Waals surface area contributed by atoms with Crippen LogP contribution in [-0.2, 0) is 55.4 Å². The maximum Gasteiger partial charge on any atom is 0.472 e. The maximum absolute atomic E-state index is 16.4. The smallest absolute Gasteiger partial charge is 0.469 e. The number of fused-ring (bicyclic) bond motifs is 2. The van der Waals surface area contributed by atoms with Crippen LogP contribution in [0.15, 0.2) is 61.1 Å². The fourth-order valence-corrected chi connectivity index (χ4v) is 11.4. The molecule has 2 aliphatic heterocycles. The number of aromatic nitrogens is 4. The van der Waals surface area contributed by atoms with Crippen molar-refractivity contribution in [1.82, 2.24) is 40.4 Å². The maximum atomic E-state index is 16.4. The summed E-state index contributed by atoms with van der Waals surface area (Å²) in [5, 5.41) is 6.07. The lowest BCUT2D eigenvalue weighted by molar-refractivity contribution is -0.231. The quantitative estimate of drug-likeness (QED) is 0.00870. The fourth-order valence-electron chi connectivity index (χ4n) is 11.2. The first kappa shape index (κ1) is 70.2. The van der Waals surface area contributed by atoms with Crippen LogP contribution in [0.25, 0.3) is 11.3 Å². The summed E-state index contributed by atoms with van der Waals surface area (Å²) in [6, 6.07) is 7.21. The molecule has 0 spiro atoms. The van der Waals surface area contributed by atoms with E-state index < -0.39 is 159 Å². The van der Waals surface area contributed by atoms with Crippen molar-refractivity contribution in [2.24, 2.45) is 28.6 Å². The Morgan fingerprint density at radius 2 is 1.38 bits per heavy atom. The number of ether oxygens (including phenoxy) is 3. The number of phosphoric acid groups is 1. The van der Waals surface area contributed by atoms with E-state index >= 15 is 8.78 Å². The first-order valence-electron chi connectivity index (χ1n) is 28.3. The predicted octanol–water partition coefficient (Wildman–Crippen LogP) is 8.97. The first-order chi connectivity index (χ1) is 42.1. The zero-order valence-electron chi connectivity index (χ0n) is 49.6. The van der Waals surface area contributed by atoms with E-state index in [0.717, 1.165) is 52.4 Å². The molecule has 6 atom stereocenters. The lowest BCUT2D eigenvalue weighted by Crippen LogP contribution is -2.59. The Morgan fingerprint density at radius 1 is 0.778 bits per heavy atom. The fraction of sp³-hybridized carbons (Fsp3) is 0.552. The Kier molecular flexibility index (Phi) is 22.6. The minimum atomic E-state index is -5.35. The van der Waals surface area contributed by atoms with Crippen molar-refractivity contribution in [2.75, 3.05) is 45.5 Å². The highest BCUT2D eigenvalue weighted by Crippen LogP contribution is 2.46. The van der Waals surface area contributed by atoms with Gasteiger partial charge in [0.1, 0.15) is 17.7 Å². The third-order valence-corrected chi connectivity index (χ3v) is 17.3. The molecule has 90 heavy (non-hydrogen) atoms. The molecule has 32 heteroatoms. The van der Waals surface area contributed by atoms with Crippen LogP contribution in [-0.4, -0.2) is 146 Å². The van der Waals surface area contributed by atoms with Gasteiger partial charge in [0.15, 0.2) is 5.78 Å². The summed E-state index contributed by atoms with van der Waals surface area (Å²) < 4.78 is 179. The molecular weight excluding hydrogens is 1240 g/mol. The molecule has 1 aliphatic carbocycles. The van der Waals surface area contributed by atoms with Crippen molar-refractivity contribution in [3.8, 4) is 23.1 Å². The molecule has 2 aromatic carbocycles. The SMILES string of the molecule is COC(=O)C[C@H](C(=O)NN(Cc1c(F)cc(-c2ccn(C(F)F)n2)cc1F)C[C@H](CC(=O)OCOP(=O)(O)O)[C@@H](CC(=O)[C@@H](NC(=O)OC)C(C)(C)C(F)(F)F)Cc1ccc(C#Cc2cnc(N3CC4CCC(C3)N4C3CCC3)nc2)cc1)C(C)(C)C(F)(F)F. The summed E-state index contributed by atoms with van der Waals surface area (Å²) in [6.45, 7) is -3.00. The van der Waals surface area contributed by atoms with E-state index in [0.29, 0.717) is 80.0 Å². The number of Topliss-reactive ketones (excluding diaryl/α,β-unsaturated/α-hetero) is 1. The minimum Gasteiger partial charge on any atom is -0.469 e. The first-order valence-corrected chi connectivity index (χ1v) is 29.9. The molecule has 0 radical (unpaired) electrons.